The minimum atomic E-state index is -1.34. The molecule has 6 heteroatoms. The van der Waals surface area contributed by atoms with E-state index in [1.807, 2.05) is 0 Å². The van der Waals surface area contributed by atoms with Gasteiger partial charge in [-0.05, 0) is 9.95 Å². The van der Waals surface area contributed by atoms with Crippen LogP contribution in [-0.4, -0.2) is 16.3 Å². The molecule has 0 aliphatic rings. The number of aromatic nitrogens is 2. The third-order valence-electron chi connectivity index (χ3n) is 1.86. The summed E-state index contributed by atoms with van der Waals surface area (Å²) in [6.07, 6.45) is 0. The highest BCUT2D eigenvalue weighted by Crippen LogP contribution is 1.97. The molecule has 0 radical (unpaired) electrons. The van der Waals surface area contributed by atoms with Gasteiger partial charge in [-0.25, -0.2) is 9.59 Å². The third kappa shape index (κ3) is 1.52. The number of carbonyl (C=O) groups is 1. The van der Waals surface area contributed by atoms with E-state index in [2.05, 4.69) is 9.79 Å². The zero-order valence-electron chi connectivity index (χ0n) is 7.51. The number of aromatic carboxylic acids is 1. The summed E-state index contributed by atoms with van der Waals surface area (Å²) in [6, 6.07) is 8.52. The fourth-order valence-electron chi connectivity index (χ4n) is 1.21. The highest BCUT2D eigenvalue weighted by atomic mass is 16.5. The molecule has 2 rings (SSSR count). The molecule has 0 saturated heterocycles. The lowest BCUT2D eigenvalue weighted by Crippen LogP contribution is -2.40. The normalized spacial score (nSPS) is 10.1. The van der Waals surface area contributed by atoms with Crippen LogP contribution in [0.5, 0.6) is 0 Å². The lowest BCUT2D eigenvalue weighted by molar-refractivity contribution is -0.672. The van der Waals surface area contributed by atoms with Crippen molar-refractivity contribution in [2.24, 2.45) is 0 Å². The smallest absolute Gasteiger partial charge is 0.442 e. The molecular weight excluding hydrogens is 200 g/mol. The van der Waals surface area contributed by atoms with Crippen molar-refractivity contribution in [2.75, 3.05) is 0 Å². The molecule has 2 aromatic rings. The van der Waals surface area contributed by atoms with Crippen molar-refractivity contribution < 1.29 is 19.1 Å². The van der Waals surface area contributed by atoms with E-state index >= 15 is 0 Å². The molecule has 0 fully saturated rings. The van der Waals surface area contributed by atoms with Crippen LogP contribution < -0.4 is 10.3 Å². The maximum atomic E-state index is 11.1. The summed E-state index contributed by atoms with van der Waals surface area (Å²) in [6.45, 7) is 0. The van der Waals surface area contributed by atoms with Gasteiger partial charge in [-0.1, -0.05) is 18.2 Å². The summed E-state index contributed by atoms with van der Waals surface area (Å²) in [7, 11) is 0. The number of rotatable bonds is 2. The van der Waals surface area contributed by atoms with Gasteiger partial charge in [0.05, 0.1) is 0 Å². The predicted molar refractivity (Wildman–Crippen MR) is 47.8 cm³/mol. The van der Waals surface area contributed by atoms with Crippen LogP contribution in [0.25, 0.3) is 5.69 Å². The Morgan fingerprint density at radius 2 is 2.00 bits per heavy atom. The summed E-state index contributed by atoms with van der Waals surface area (Å²) in [5.74, 6) is -1.34. The molecular formula is C9H7N2O4+. The van der Waals surface area contributed by atoms with Crippen molar-refractivity contribution in [2.45, 2.75) is 0 Å². The Bertz CT molecular complexity index is 541. The number of nitrogens with one attached hydrogen (secondary N) is 1. The summed E-state index contributed by atoms with van der Waals surface area (Å²) < 4.78 is 5.49. The van der Waals surface area contributed by atoms with E-state index in [-0.39, 0.29) is 0 Å². The van der Waals surface area contributed by atoms with E-state index in [0.717, 1.165) is 4.68 Å². The van der Waals surface area contributed by atoms with Gasteiger partial charge in [-0.15, -0.1) is 0 Å². The van der Waals surface area contributed by atoms with Gasteiger partial charge in [0.25, 0.3) is 0 Å². The van der Waals surface area contributed by atoms with Crippen LogP contribution in [0.1, 0.15) is 10.5 Å². The molecule has 6 nitrogen and oxygen atoms in total. The molecule has 0 bridgehead atoms. The topological polar surface area (TPSA) is 87.2 Å². The molecule has 0 atom stereocenters. The molecule has 76 valence electrons. The van der Waals surface area contributed by atoms with Crippen LogP contribution in [0.15, 0.2) is 39.6 Å². The van der Waals surface area contributed by atoms with Gasteiger partial charge in [0.1, 0.15) is 0 Å². The maximum Gasteiger partial charge on any atom is 0.442 e. The maximum absolute atomic E-state index is 11.1. The first-order valence-electron chi connectivity index (χ1n) is 4.12. The van der Waals surface area contributed by atoms with E-state index in [1.165, 1.54) is 0 Å². The second-order valence-electron chi connectivity index (χ2n) is 2.81. The van der Waals surface area contributed by atoms with Gasteiger partial charge in [-0.3, -0.25) is 4.52 Å². The zero-order chi connectivity index (χ0) is 10.8. The molecule has 0 spiro atoms. The van der Waals surface area contributed by atoms with Gasteiger partial charge in [0, 0.05) is 12.1 Å². The summed E-state index contributed by atoms with van der Waals surface area (Å²) in [5, 5.41) is 11.0. The van der Waals surface area contributed by atoms with Crippen LogP contribution >= 0.6 is 0 Å². The van der Waals surface area contributed by atoms with E-state index < -0.39 is 17.3 Å². The Morgan fingerprint density at radius 1 is 1.33 bits per heavy atom. The lowest BCUT2D eigenvalue weighted by Gasteiger charge is -1.88. The Kier molecular flexibility index (Phi) is 2.09. The zero-order valence-corrected chi connectivity index (χ0v) is 7.51. The molecule has 15 heavy (non-hydrogen) atoms. The van der Waals surface area contributed by atoms with Crippen LogP contribution in [0.4, 0.5) is 0 Å². The SMILES string of the molecule is O=C(O)c1c(=O)o[nH][n+]1-c1ccccc1. The molecule has 0 amide bonds. The number of para-hydroxylation sites is 1. The number of aromatic amines is 1. The fourth-order valence-corrected chi connectivity index (χ4v) is 1.21. The predicted octanol–water partition coefficient (Wildman–Crippen LogP) is -0.0572. The number of carboxylic acid groups (broad SMARTS) is 1. The average Bonchev–Trinajstić information content (AvgIpc) is 2.61. The van der Waals surface area contributed by atoms with E-state index in [1.54, 1.807) is 30.3 Å². The Labute approximate surface area is 83.3 Å². The summed E-state index contributed by atoms with van der Waals surface area (Å²) in [5.41, 5.74) is -0.853. The highest BCUT2D eigenvalue weighted by Gasteiger charge is 2.29. The van der Waals surface area contributed by atoms with Crippen molar-refractivity contribution >= 4 is 5.97 Å². The molecule has 1 aromatic heterocycles. The summed E-state index contributed by atoms with van der Waals surface area (Å²) in [4.78, 5) is 21.8. The number of H-pyrrole nitrogens is 1. The molecule has 2 N–H and O–H groups in total. The number of carboxylic acids is 1. The number of nitrogens with zero attached hydrogens (tertiary/aromatic N) is 1. The molecule has 1 aromatic carbocycles. The number of hydrogen-bond acceptors (Lipinski definition) is 3. The quantitative estimate of drug-likeness (QED) is 0.675. The van der Waals surface area contributed by atoms with E-state index in [4.69, 9.17) is 5.11 Å². The minimum absolute atomic E-state index is 0.457. The molecule has 0 unspecified atom stereocenters. The molecule has 0 aliphatic carbocycles. The second-order valence-corrected chi connectivity index (χ2v) is 2.81. The molecule has 0 aliphatic heterocycles. The van der Waals surface area contributed by atoms with Gasteiger partial charge in [0.15, 0.2) is 0 Å². The monoisotopic (exact) mass is 207 g/mol. The van der Waals surface area contributed by atoms with Crippen molar-refractivity contribution in [1.82, 2.24) is 5.27 Å². The minimum Gasteiger partial charge on any atom is -0.473 e. The Hall–Kier alpha value is -2.37. The van der Waals surface area contributed by atoms with E-state index in [0.29, 0.717) is 5.69 Å². The first kappa shape index (κ1) is 9.20. The highest BCUT2D eigenvalue weighted by molar-refractivity contribution is 5.83. The van der Waals surface area contributed by atoms with Gasteiger partial charge >= 0.3 is 17.3 Å². The van der Waals surface area contributed by atoms with Gasteiger partial charge in [-0.2, -0.15) is 0 Å². The number of hydrogen-bond donors (Lipinski definition) is 2. The summed E-state index contributed by atoms with van der Waals surface area (Å²) >= 11 is 0. The van der Waals surface area contributed by atoms with Crippen LogP contribution in [0.2, 0.25) is 0 Å². The third-order valence-corrected chi connectivity index (χ3v) is 1.86. The van der Waals surface area contributed by atoms with Gasteiger partial charge < -0.3 is 5.11 Å². The van der Waals surface area contributed by atoms with Gasteiger partial charge in [0.2, 0.25) is 5.69 Å². The fraction of sp³-hybridized carbons (Fsp3) is 0. The molecule has 0 saturated carbocycles. The van der Waals surface area contributed by atoms with Crippen LogP contribution in [-0.2, 0) is 0 Å². The van der Waals surface area contributed by atoms with Crippen molar-refractivity contribution in [3.63, 3.8) is 0 Å². The van der Waals surface area contributed by atoms with E-state index in [9.17, 15) is 9.59 Å². The van der Waals surface area contributed by atoms with Crippen molar-refractivity contribution in [3.05, 3.63) is 46.4 Å². The van der Waals surface area contributed by atoms with Crippen LogP contribution in [0.3, 0.4) is 0 Å². The largest absolute Gasteiger partial charge is 0.473 e. The Balaban J connectivity index is 2.65. The second kappa shape index (κ2) is 3.41. The molecule has 1 heterocycles. The lowest BCUT2D eigenvalue weighted by atomic mass is 10.3. The van der Waals surface area contributed by atoms with Crippen molar-refractivity contribution in [3.8, 4) is 5.69 Å². The Morgan fingerprint density at radius 3 is 2.60 bits per heavy atom. The van der Waals surface area contributed by atoms with Crippen LogP contribution in [0, 0.1) is 0 Å². The first-order chi connectivity index (χ1) is 7.20. The standard InChI is InChI=1S/C9H6N2O4/c12-8(13)7-9(14)15-10-11(7)6-4-2-1-3-5-6/h1-5H,(H-,10,12,13,14)/p+1. The van der Waals surface area contributed by atoms with Crippen molar-refractivity contribution in [1.29, 1.82) is 0 Å². The average molecular weight is 207 g/mol. The first-order valence-corrected chi connectivity index (χ1v) is 4.12. The number of benzene rings is 1.